The van der Waals surface area contributed by atoms with Gasteiger partial charge in [-0.1, -0.05) is 6.08 Å². The minimum Gasteiger partial charge on any atom is -0.334 e. The van der Waals surface area contributed by atoms with Crippen LogP contribution in [0.4, 0.5) is 10.5 Å². The van der Waals surface area contributed by atoms with Crippen LogP contribution in [0.5, 0.6) is 0 Å². The molecule has 0 bridgehead atoms. The third-order valence-electron chi connectivity index (χ3n) is 3.16. The van der Waals surface area contributed by atoms with Crippen LogP contribution in [-0.4, -0.2) is 22.5 Å². The molecule has 2 aromatic heterocycles. The van der Waals surface area contributed by atoms with E-state index in [0.717, 1.165) is 27.4 Å². The van der Waals surface area contributed by atoms with Crippen LogP contribution in [0.3, 0.4) is 0 Å². The number of carbonyl (C=O) groups excluding carboxylic acids is 1. The summed E-state index contributed by atoms with van der Waals surface area (Å²) in [5.41, 5.74) is 1.54. The quantitative estimate of drug-likeness (QED) is 0.571. The van der Waals surface area contributed by atoms with Crippen molar-refractivity contribution in [3.8, 4) is 0 Å². The van der Waals surface area contributed by atoms with Crippen molar-refractivity contribution in [1.82, 2.24) is 15.3 Å². The maximum atomic E-state index is 11.8. The second-order valence-corrected chi connectivity index (χ2v) is 4.54. The van der Waals surface area contributed by atoms with Gasteiger partial charge >= 0.3 is 6.03 Å². The molecule has 1 aromatic carbocycles. The summed E-state index contributed by atoms with van der Waals surface area (Å²) in [4.78, 5) is 20.4. The van der Waals surface area contributed by atoms with Crippen LogP contribution in [-0.2, 0) is 0 Å². The van der Waals surface area contributed by atoms with Crippen molar-refractivity contribution in [2.24, 2.45) is 0 Å². The number of fused-ring (bicyclic) bond motifs is 3. The average Bonchev–Trinajstić information content (AvgIpc) is 2.53. The first-order chi connectivity index (χ1) is 10.3. The van der Waals surface area contributed by atoms with E-state index in [-0.39, 0.29) is 6.03 Å². The maximum Gasteiger partial charge on any atom is 0.319 e. The molecule has 0 saturated heterocycles. The normalized spacial score (nSPS) is 10.5. The van der Waals surface area contributed by atoms with E-state index < -0.39 is 0 Å². The van der Waals surface area contributed by atoms with Crippen LogP contribution in [0, 0.1) is 0 Å². The highest BCUT2D eigenvalue weighted by Gasteiger charge is 2.09. The largest absolute Gasteiger partial charge is 0.334 e. The van der Waals surface area contributed by atoms with Gasteiger partial charge in [0, 0.05) is 35.9 Å². The van der Waals surface area contributed by atoms with E-state index in [1.807, 2.05) is 24.3 Å². The second-order valence-electron chi connectivity index (χ2n) is 4.54. The molecular weight excluding hydrogens is 264 g/mol. The minimum absolute atomic E-state index is 0.270. The first-order valence-corrected chi connectivity index (χ1v) is 6.57. The average molecular weight is 278 g/mol. The molecule has 2 N–H and O–H groups in total. The zero-order valence-corrected chi connectivity index (χ0v) is 11.3. The molecule has 3 aromatic rings. The van der Waals surface area contributed by atoms with Crippen molar-refractivity contribution in [2.75, 3.05) is 11.9 Å². The topological polar surface area (TPSA) is 66.9 Å². The zero-order valence-electron chi connectivity index (χ0n) is 11.3. The standard InChI is InChI=1S/C16H14N4O/c1-2-6-19-16(21)20-14-9-11-5-8-17-10-13(11)15-12(14)4-3-7-18-15/h2-5,7-10H,1,6H2,(H2,19,20,21). The molecule has 0 spiro atoms. The number of rotatable bonds is 3. The Morgan fingerprint density at radius 1 is 1.29 bits per heavy atom. The number of nitrogens with zero attached hydrogens (tertiary/aromatic N) is 2. The Labute approximate surface area is 121 Å². The molecule has 0 aliphatic carbocycles. The molecule has 0 aliphatic rings. The van der Waals surface area contributed by atoms with E-state index >= 15 is 0 Å². The summed E-state index contributed by atoms with van der Waals surface area (Å²) in [6, 6.07) is 7.33. The lowest BCUT2D eigenvalue weighted by atomic mass is 10.1. The molecule has 0 unspecified atom stereocenters. The van der Waals surface area contributed by atoms with Gasteiger partial charge in [-0.25, -0.2) is 4.79 Å². The molecule has 5 heteroatoms. The Bertz CT molecular complexity index is 829. The predicted molar refractivity (Wildman–Crippen MR) is 84.3 cm³/mol. The van der Waals surface area contributed by atoms with Gasteiger partial charge in [0.2, 0.25) is 0 Å². The molecule has 0 atom stereocenters. The number of hydrogen-bond donors (Lipinski definition) is 2. The van der Waals surface area contributed by atoms with E-state index in [0.29, 0.717) is 6.54 Å². The van der Waals surface area contributed by atoms with E-state index in [4.69, 9.17) is 0 Å². The first kappa shape index (κ1) is 13.1. The number of nitrogens with one attached hydrogen (secondary N) is 2. The Kier molecular flexibility index (Phi) is 3.47. The van der Waals surface area contributed by atoms with E-state index in [2.05, 4.69) is 27.2 Å². The van der Waals surface area contributed by atoms with E-state index in [9.17, 15) is 4.79 Å². The molecule has 2 heterocycles. The van der Waals surface area contributed by atoms with Gasteiger partial charge in [-0.2, -0.15) is 0 Å². The fourth-order valence-corrected chi connectivity index (χ4v) is 2.23. The highest BCUT2D eigenvalue weighted by atomic mass is 16.2. The third kappa shape index (κ3) is 2.53. The molecule has 21 heavy (non-hydrogen) atoms. The van der Waals surface area contributed by atoms with E-state index in [1.165, 1.54) is 0 Å². The fraction of sp³-hybridized carbons (Fsp3) is 0.0625. The predicted octanol–water partition coefficient (Wildman–Crippen LogP) is 3.09. The van der Waals surface area contributed by atoms with Crippen LogP contribution in [0.2, 0.25) is 0 Å². The highest BCUT2D eigenvalue weighted by Crippen LogP contribution is 2.29. The summed E-state index contributed by atoms with van der Waals surface area (Å²) in [5, 5.41) is 8.37. The molecule has 104 valence electrons. The van der Waals surface area contributed by atoms with Gasteiger partial charge in [0.05, 0.1) is 11.2 Å². The van der Waals surface area contributed by atoms with Crippen LogP contribution in [0.1, 0.15) is 0 Å². The summed E-state index contributed by atoms with van der Waals surface area (Å²) in [5.74, 6) is 0. The van der Waals surface area contributed by atoms with Gasteiger partial charge in [-0.3, -0.25) is 9.97 Å². The monoisotopic (exact) mass is 278 g/mol. The molecular formula is C16H14N4O. The Hall–Kier alpha value is -2.95. The number of carbonyl (C=O) groups is 1. The van der Waals surface area contributed by atoms with Crippen LogP contribution in [0.25, 0.3) is 21.7 Å². The fourth-order valence-electron chi connectivity index (χ4n) is 2.23. The Morgan fingerprint density at radius 2 is 2.19 bits per heavy atom. The van der Waals surface area contributed by atoms with Crippen molar-refractivity contribution in [3.63, 3.8) is 0 Å². The van der Waals surface area contributed by atoms with Crippen molar-refractivity contribution >= 4 is 33.4 Å². The molecule has 0 radical (unpaired) electrons. The van der Waals surface area contributed by atoms with Gasteiger partial charge in [0.15, 0.2) is 0 Å². The summed E-state index contributed by atoms with van der Waals surface area (Å²) in [6.07, 6.45) is 6.87. The van der Waals surface area contributed by atoms with Crippen LogP contribution >= 0.6 is 0 Å². The minimum atomic E-state index is -0.270. The van der Waals surface area contributed by atoms with Crippen LogP contribution in [0.15, 0.2) is 55.5 Å². The van der Waals surface area contributed by atoms with Gasteiger partial charge in [-0.15, -0.1) is 6.58 Å². The molecule has 0 saturated carbocycles. The van der Waals surface area contributed by atoms with Crippen molar-refractivity contribution in [1.29, 1.82) is 0 Å². The summed E-state index contributed by atoms with van der Waals surface area (Å²) >= 11 is 0. The number of aromatic nitrogens is 2. The molecule has 3 rings (SSSR count). The molecule has 0 aliphatic heterocycles. The maximum absolute atomic E-state index is 11.8. The van der Waals surface area contributed by atoms with Gasteiger partial charge in [0.25, 0.3) is 0 Å². The number of pyridine rings is 2. The third-order valence-corrected chi connectivity index (χ3v) is 3.16. The number of amides is 2. The van der Waals surface area contributed by atoms with Crippen LogP contribution < -0.4 is 10.6 Å². The highest BCUT2D eigenvalue weighted by molar-refractivity contribution is 6.12. The first-order valence-electron chi connectivity index (χ1n) is 6.57. The van der Waals surface area contributed by atoms with Crippen molar-refractivity contribution in [3.05, 3.63) is 55.5 Å². The lowest BCUT2D eigenvalue weighted by Crippen LogP contribution is -2.28. The van der Waals surface area contributed by atoms with Crippen molar-refractivity contribution < 1.29 is 4.79 Å². The van der Waals surface area contributed by atoms with Gasteiger partial charge < -0.3 is 10.6 Å². The smallest absolute Gasteiger partial charge is 0.319 e. The van der Waals surface area contributed by atoms with Gasteiger partial charge in [-0.05, 0) is 29.7 Å². The SMILES string of the molecule is C=CCNC(=O)Nc1cc2ccncc2c2ncccc12. The van der Waals surface area contributed by atoms with Gasteiger partial charge in [0.1, 0.15) is 0 Å². The number of anilines is 1. The number of hydrogen-bond acceptors (Lipinski definition) is 3. The van der Waals surface area contributed by atoms with E-state index in [1.54, 1.807) is 24.7 Å². The summed E-state index contributed by atoms with van der Waals surface area (Å²) < 4.78 is 0. The summed E-state index contributed by atoms with van der Waals surface area (Å²) in [7, 11) is 0. The number of urea groups is 1. The Balaban J connectivity index is 2.11. The molecule has 5 nitrogen and oxygen atoms in total. The molecule has 0 fully saturated rings. The number of benzene rings is 1. The molecule has 2 amide bonds. The summed E-state index contributed by atoms with van der Waals surface area (Å²) in [6.45, 7) is 3.99. The van der Waals surface area contributed by atoms with Crippen molar-refractivity contribution in [2.45, 2.75) is 0 Å². The lowest BCUT2D eigenvalue weighted by Gasteiger charge is -2.11. The Morgan fingerprint density at radius 3 is 3.05 bits per heavy atom. The lowest BCUT2D eigenvalue weighted by molar-refractivity contribution is 0.253. The second kappa shape index (κ2) is 5.58. The zero-order chi connectivity index (χ0) is 14.7.